The summed E-state index contributed by atoms with van der Waals surface area (Å²) >= 11 is 0. The van der Waals surface area contributed by atoms with Gasteiger partial charge in [-0.25, -0.2) is 13.2 Å². The van der Waals surface area contributed by atoms with Crippen molar-refractivity contribution >= 4 is 50.4 Å². The topological polar surface area (TPSA) is 215 Å². The van der Waals surface area contributed by atoms with Gasteiger partial charge in [-0.15, -0.1) is 0 Å². The summed E-state index contributed by atoms with van der Waals surface area (Å²) in [6, 6.07) is 30.4. The van der Waals surface area contributed by atoms with Gasteiger partial charge < -0.3 is 30.9 Å². The Balaban J connectivity index is 0.000000161. The van der Waals surface area contributed by atoms with Gasteiger partial charge in [-0.1, -0.05) is 30.3 Å². The van der Waals surface area contributed by atoms with Gasteiger partial charge in [0.2, 0.25) is 0 Å². The number of carbonyl (C=O) groups is 3. The third kappa shape index (κ3) is 9.43. The molecule has 0 atom stereocenters. The van der Waals surface area contributed by atoms with E-state index >= 15 is 0 Å². The predicted octanol–water partition coefficient (Wildman–Crippen LogP) is 10.8. The van der Waals surface area contributed by atoms with Crippen LogP contribution in [0.4, 0.5) is 26.3 Å². The fourth-order valence-electron chi connectivity index (χ4n) is 9.35. The van der Waals surface area contributed by atoms with Gasteiger partial charge in [0.1, 0.15) is 22.9 Å². The number of rotatable bonds is 6. The van der Waals surface area contributed by atoms with Crippen molar-refractivity contribution in [3.63, 3.8) is 0 Å². The predicted molar refractivity (Wildman–Crippen MR) is 264 cm³/mol. The molecule has 6 N–H and O–H groups in total. The Hall–Kier alpha value is -9.60. The zero-order valence-electron chi connectivity index (χ0n) is 39.7. The molecular formula is C55H41F6N9O3. The van der Waals surface area contributed by atoms with Crippen molar-refractivity contribution in [3.05, 3.63) is 177 Å². The summed E-state index contributed by atoms with van der Waals surface area (Å²) in [7, 11) is 5.09. The van der Waals surface area contributed by atoms with Gasteiger partial charge in [0.05, 0.1) is 57.0 Å². The number of fused-ring (bicyclic) bond motifs is 3. The van der Waals surface area contributed by atoms with E-state index in [1.165, 1.54) is 30.3 Å². The highest BCUT2D eigenvalue weighted by Crippen LogP contribution is 2.39. The third-order valence-electron chi connectivity index (χ3n) is 12.6. The van der Waals surface area contributed by atoms with Gasteiger partial charge >= 0.3 is 6.18 Å². The van der Waals surface area contributed by atoms with Crippen molar-refractivity contribution in [3.8, 4) is 51.6 Å². The van der Waals surface area contributed by atoms with Crippen molar-refractivity contribution in [1.29, 1.82) is 15.8 Å². The van der Waals surface area contributed by atoms with E-state index in [0.29, 0.717) is 89.0 Å². The summed E-state index contributed by atoms with van der Waals surface area (Å²) in [6.45, 7) is 5.26. The molecule has 0 aliphatic heterocycles. The second-order valence-electron chi connectivity index (χ2n) is 17.0. The lowest BCUT2D eigenvalue weighted by atomic mass is 9.98. The maximum Gasteiger partial charge on any atom is 0.416 e. The normalized spacial score (nSPS) is 11.0. The maximum absolute atomic E-state index is 13.6. The van der Waals surface area contributed by atoms with E-state index in [-0.39, 0.29) is 5.82 Å². The molecule has 3 aromatic heterocycles. The number of aryl methyl sites for hydroxylation is 6. The second-order valence-corrected chi connectivity index (χ2v) is 17.0. The van der Waals surface area contributed by atoms with Crippen LogP contribution in [0.1, 0.15) is 70.4 Å². The Kier molecular flexibility index (Phi) is 13.8. The van der Waals surface area contributed by atoms with Crippen LogP contribution in [0.5, 0.6) is 0 Å². The molecule has 0 saturated carbocycles. The lowest BCUT2D eigenvalue weighted by Crippen LogP contribution is -2.16. The number of hydrogen-bond donors (Lipinski definition) is 3. The van der Waals surface area contributed by atoms with Crippen molar-refractivity contribution in [1.82, 2.24) is 13.7 Å². The number of primary amides is 3. The van der Waals surface area contributed by atoms with Crippen LogP contribution in [0, 0.1) is 72.2 Å². The van der Waals surface area contributed by atoms with Gasteiger partial charge in [-0.2, -0.15) is 29.0 Å². The summed E-state index contributed by atoms with van der Waals surface area (Å²) < 4.78 is 83.4. The number of aromatic nitrogens is 3. The first-order valence-electron chi connectivity index (χ1n) is 21.8. The molecule has 18 heteroatoms. The van der Waals surface area contributed by atoms with Crippen molar-refractivity contribution in [2.45, 2.75) is 26.9 Å². The number of alkyl halides is 3. The van der Waals surface area contributed by atoms with Gasteiger partial charge in [0, 0.05) is 54.0 Å². The van der Waals surface area contributed by atoms with Gasteiger partial charge in [-0.05, 0) is 127 Å². The first-order chi connectivity index (χ1) is 34.4. The van der Waals surface area contributed by atoms with Gasteiger partial charge in [0.15, 0.2) is 11.6 Å². The minimum absolute atomic E-state index is 0.295. The van der Waals surface area contributed by atoms with Crippen LogP contribution in [0.15, 0.2) is 103 Å². The van der Waals surface area contributed by atoms with Crippen LogP contribution in [-0.4, -0.2) is 31.4 Å². The lowest BCUT2D eigenvalue weighted by molar-refractivity contribution is -0.137. The van der Waals surface area contributed by atoms with Crippen molar-refractivity contribution in [2.75, 3.05) is 0 Å². The standard InChI is InChI=1S/C19H14F3N3O.C18H13F2N3O.C18H14FN3O/c1-10-14-7-11(9-23)8-15(17(14)25(2)16(10)18(24)26)12-3-5-13(6-4-12)19(20,21)22;1-9-12-5-10(8-21)6-13(11-3-4-14(19)15(20)7-11)17(12)23(2)16(9)18(22)24;1-10-14-7-11(9-20)8-15(12-3-5-13(19)6-4-12)17(14)22(2)16(10)18(21)23/h3-8H,1-2H3,(H2,24,26);3-7H,1-2H3,(H2,22,24);3-8H,1-2H3,(H2,21,23). The molecule has 73 heavy (non-hydrogen) atoms. The van der Waals surface area contributed by atoms with Crippen LogP contribution in [-0.2, 0) is 27.3 Å². The van der Waals surface area contributed by atoms with E-state index in [0.717, 1.165) is 51.9 Å². The fourth-order valence-corrected chi connectivity index (χ4v) is 9.35. The Morgan fingerprint density at radius 3 is 1.08 bits per heavy atom. The second kappa shape index (κ2) is 19.7. The average molecular weight is 990 g/mol. The first-order valence-corrected chi connectivity index (χ1v) is 21.8. The highest BCUT2D eigenvalue weighted by molar-refractivity contribution is 6.08. The molecular weight excluding hydrogens is 949 g/mol. The molecule has 0 radical (unpaired) electrons. The summed E-state index contributed by atoms with van der Waals surface area (Å²) in [5.74, 6) is -4.00. The zero-order valence-corrected chi connectivity index (χ0v) is 39.7. The Bertz CT molecular complexity index is 3900. The molecule has 0 unspecified atom stereocenters. The fraction of sp³-hybridized carbons (Fsp3) is 0.127. The van der Waals surface area contributed by atoms with Crippen molar-refractivity contribution < 1.29 is 40.7 Å². The Morgan fingerprint density at radius 2 is 0.781 bits per heavy atom. The third-order valence-corrected chi connectivity index (χ3v) is 12.6. The number of nitrogens with zero attached hydrogens (tertiary/aromatic N) is 6. The minimum atomic E-state index is -4.43. The van der Waals surface area contributed by atoms with E-state index in [9.17, 15) is 56.5 Å². The van der Waals surface area contributed by atoms with Crippen LogP contribution < -0.4 is 17.2 Å². The first kappa shape index (κ1) is 51.3. The molecule has 0 aliphatic carbocycles. The zero-order chi connectivity index (χ0) is 53.5. The largest absolute Gasteiger partial charge is 0.416 e. The van der Waals surface area contributed by atoms with Crippen LogP contribution >= 0.6 is 0 Å². The molecule has 366 valence electrons. The number of nitriles is 3. The molecule has 0 fully saturated rings. The quantitative estimate of drug-likeness (QED) is 0.138. The van der Waals surface area contributed by atoms with Crippen LogP contribution in [0.3, 0.4) is 0 Å². The number of amides is 3. The molecule has 0 saturated heterocycles. The molecule has 9 aromatic rings. The number of benzene rings is 6. The molecule has 0 spiro atoms. The molecule has 3 amide bonds. The smallest absolute Gasteiger partial charge is 0.364 e. The SMILES string of the molecule is Cc1c(C(N)=O)n(C)c2c(-c3ccc(C(F)(F)F)cc3)cc(C#N)cc12.Cc1c(C(N)=O)n(C)c2c(-c3ccc(F)c(F)c3)cc(C#N)cc12.Cc1c(C(N)=O)n(C)c2c(-c3ccc(F)cc3)cc(C#N)cc12. The number of nitrogens with two attached hydrogens (primary N) is 3. The summed E-state index contributed by atoms with van der Waals surface area (Å²) in [5, 5.41) is 30.0. The molecule has 6 aromatic carbocycles. The highest BCUT2D eigenvalue weighted by Gasteiger charge is 2.30. The van der Waals surface area contributed by atoms with E-state index in [4.69, 9.17) is 17.2 Å². The molecule has 3 heterocycles. The number of hydrogen-bond acceptors (Lipinski definition) is 6. The summed E-state index contributed by atoms with van der Waals surface area (Å²) in [5.41, 5.74) is 25.4. The van der Waals surface area contributed by atoms with Crippen LogP contribution in [0.25, 0.3) is 66.1 Å². The monoisotopic (exact) mass is 989 g/mol. The van der Waals surface area contributed by atoms with Gasteiger partial charge in [-0.3, -0.25) is 14.4 Å². The summed E-state index contributed by atoms with van der Waals surface area (Å²) in [4.78, 5) is 35.3. The number of halogens is 6. The van der Waals surface area contributed by atoms with Gasteiger partial charge in [0.25, 0.3) is 17.7 Å². The summed E-state index contributed by atoms with van der Waals surface area (Å²) in [6.07, 6.45) is -4.43. The van der Waals surface area contributed by atoms with E-state index in [2.05, 4.69) is 6.07 Å². The van der Waals surface area contributed by atoms with E-state index in [1.54, 1.807) is 104 Å². The maximum atomic E-state index is 13.6. The number of carbonyl (C=O) groups excluding carboxylic acids is 3. The lowest BCUT2D eigenvalue weighted by Gasteiger charge is -2.11. The Labute approximate surface area is 412 Å². The Morgan fingerprint density at radius 1 is 0.466 bits per heavy atom. The van der Waals surface area contributed by atoms with E-state index < -0.39 is 41.1 Å². The molecule has 12 nitrogen and oxygen atoms in total. The molecule has 0 aliphatic rings. The average Bonchev–Trinajstić information content (AvgIpc) is 3.88. The van der Waals surface area contributed by atoms with E-state index in [1.807, 2.05) is 12.1 Å². The van der Waals surface area contributed by atoms with Crippen molar-refractivity contribution in [2.24, 2.45) is 38.3 Å². The minimum Gasteiger partial charge on any atom is -0.364 e. The van der Waals surface area contributed by atoms with Crippen LogP contribution in [0.2, 0.25) is 0 Å². The molecule has 0 bridgehead atoms. The molecule has 9 rings (SSSR count). The highest BCUT2D eigenvalue weighted by atomic mass is 19.4.